The molecule has 0 saturated heterocycles. The summed E-state index contributed by atoms with van der Waals surface area (Å²) in [6.07, 6.45) is 5.68. The highest BCUT2D eigenvalue weighted by Crippen LogP contribution is 2.29. The van der Waals surface area contributed by atoms with Crippen LogP contribution in [-0.4, -0.2) is 19.7 Å². The first-order valence-electron chi connectivity index (χ1n) is 6.79. The summed E-state index contributed by atoms with van der Waals surface area (Å²) in [4.78, 5) is 16.4. The smallest absolute Gasteiger partial charge is 0.344 e. The molecule has 0 spiro atoms. The number of hydrogen-bond donors (Lipinski definition) is 0. The summed E-state index contributed by atoms with van der Waals surface area (Å²) in [5.74, 6) is 0. The lowest BCUT2D eigenvalue weighted by Crippen LogP contribution is -2.04. The van der Waals surface area contributed by atoms with Crippen LogP contribution >= 0.6 is 0 Å². The van der Waals surface area contributed by atoms with Gasteiger partial charge in [-0.2, -0.15) is 0 Å². The van der Waals surface area contributed by atoms with Crippen molar-refractivity contribution in [3.05, 3.63) is 71.5 Å². The van der Waals surface area contributed by atoms with Crippen LogP contribution in [0.25, 0.3) is 22.3 Å². The van der Waals surface area contributed by atoms with Gasteiger partial charge in [0.15, 0.2) is 9.84 Å². The molecule has 116 valence electrons. The Morgan fingerprint density at radius 2 is 1.74 bits per heavy atom. The van der Waals surface area contributed by atoms with Gasteiger partial charge in [-0.1, -0.05) is 18.2 Å². The maximum atomic E-state index is 12.1. The summed E-state index contributed by atoms with van der Waals surface area (Å²) < 4.78 is 28.1. The zero-order chi connectivity index (χ0) is 16.4. The highest BCUT2D eigenvalue weighted by Gasteiger charge is 2.14. The molecule has 23 heavy (non-hydrogen) atoms. The van der Waals surface area contributed by atoms with Crippen LogP contribution in [0, 0.1) is 0 Å². The number of benzene rings is 1. The first-order valence-corrected chi connectivity index (χ1v) is 8.68. The molecule has 0 bridgehead atoms. The Hall–Kier alpha value is -2.73. The minimum atomic E-state index is -3.26. The Morgan fingerprint density at radius 1 is 1.00 bits per heavy atom. The normalized spacial score (nSPS) is 11.3. The van der Waals surface area contributed by atoms with E-state index in [9.17, 15) is 13.2 Å². The van der Waals surface area contributed by atoms with E-state index < -0.39 is 15.5 Å². The highest BCUT2D eigenvalue weighted by molar-refractivity contribution is 7.90. The molecule has 0 N–H and O–H groups in total. The van der Waals surface area contributed by atoms with Crippen molar-refractivity contribution in [3.63, 3.8) is 0 Å². The Kier molecular flexibility index (Phi) is 3.83. The van der Waals surface area contributed by atoms with Crippen LogP contribution in [-0.2, 0) is 9.84 Å². The summed E-state index contributed by atoms with van der Waals surface area (Å²) in [7, 11) is -3.26. The fourth-order valence-corrected chi connectivity index (χ4v) is 2.95. The molecule has 0 atom stereocenters. The Bertz CT molecular complexity index is 991. The van der Waals surface area contributed by atoms with Crippen molar-refractivity contribution in [2.24, 2.45) is 0 Å². The van der Waals surface area contributed by atoms with Crippen molar-refractivity contribution in [1.29, 1.82) is 0 Å². The third-order valence-electron chi connectivity index (χ3n) is 3.43. The Balaban J connectivity index is 2.18. The van der Waals surface area contributed by atoms with E-state index in [-0.39, 0.29) is 4.90 Å². The zero-order valence-corrected chi connectivity index (χ0v) is 13.1. The fourth-order valence-electron chi connectivity index (χ4n) is 2.32. The lowest BCUT2D eigenvalue weighted by Gasteiger charge is -2.08. The SMILES string of the molecule is CS(=O)(=O)c1ccc(-c2ccoc(=O)c2-c2cccnc2)cc1. The fraction of sp³-hybridized carbons (Fsp3) is 0.0588. The Labute approximate surface area is 133 Å². The maximum absolute atomic E-state index is 12.1. The van der Waals surface area contributed by atoms with Crippen molar-refractivity contribution in [2.75, 3.05) is 6.26 Å². The molecular weight excluding hydrogens is 314 g/mol. The van der Waals surface area contributed by atoms with E-state index >= 15 is 0 Å². The molecule has 0 fully saturated rings. The van der Waals surface area contributed by atoms with Crippen molar-refractivity contribution >= 4 is 9.84 Å². The van der Waals surface area contributed by atoms with E-state index in [1.807, 2.05) is 0 Å². The summed E-state index contributed by atoms with van der Waals surface area (Å²) in [5, 5.41) is 0. The van der Waals surface area contributed by atoms with Gasteiger partial charge in [-0.15, -0.1) is 0 Å². The van der Waals surface area contributed by atoms with Gasteiger partial charge in [0.2, 0.25) is 0 Å². The van der Waals surface area contributed by atoms with E-state index in [1.54, 1.807) is 42.7 Å². The topological polar surface area (TPSA) is 77.2 Å². The molecule has 1 aromatic carbocycles. The largest absolute Gasteiger partial charge is 0.431 e. The molecule has 0 radical (unpaired) electrons. The van der Waals surface area contributed by atoms with Crippen molar-refractivity contribution in [1.82, 2.24) is 4.98 Å². The van der Waals surface area contributed by atoms with Gasteiger partial charge in [0.25, 0.3) is 0 Å². The number of rotatable bonds is 3. The summed E-state index contributed by atoms with van der Waals surface area (Å²) in [5.41, 5.74) is 1.96. The molecule has 3 aromatic rings. The third kappa shape index (κ3) is 3.07. The van der Waals surface area contributed by atoms with Gasteiger partial charge in [0.1, 0.15) is 0 Å². The third-order valence-corrected chi connectivity index (χ3v) is 4.56. The summed E-state index contributed by atoms with van der Waals surface area (Å²) in [6, 6.07) is 11.6. The van der Waals surface area contributed by atoms with E-state index in [0.29, 0.717) is 16.7 Å². The number of sulfone groups is 1. The van der Waals surface area contributed by atoms with E-state index in [2.05, 4.69) is 4.98 Å². The van der Waals surface area contributed by atoms with Crippen LogP contribution in [0.2, 0.25) is 0 Å². The lowest BCUT2D eigenvalue weighted by molar-refractivity contribution is 0.514. The van der Waals surface area contributed by atoms with Crippen molar-refractivity contribution in [2.45, 2.75) is 4.90 Å². The monoisotopic (exact) mass is 327 g/mol. The van der Waals surface area contributed by atoms with Crippen LogP contribution in [0.15, 0.2) is 75.2 Å². The van der Waals surface area contributed by atoms with Gasteiger partial charge in [0.05, 0.1) is 16.7 Å². The molecule has 0 aliphatic heterocycles. The Morgan fingerprint density at radius 3 is 2.35 bits per heavy atom. The van der Waals surface area contributed by atoms with E-state index in [1.165, 1.54) is 18.4 Å². The molecule has 0 amide bonds. The second-order valence-corrected chi connectivity index (χ2v) is 7.05. The summed E-state index contributed by atoms with van der Waals surface area (Å²) in [6.45, 7) is 0. The van der Waals surface area contributed by atoms with Gasteiger partial charge in [-0.25, -0.2) is 13.2 Å². The van der Waals surface area contributed by atoms with E-state index in [4.69, 9.17) is 4.42 Å². The molecule has 0 aliphatic carbocycles. The molecule has 0 aliphatic rings. The molecule has 3 rings (SSSR count). The number of nitrogens with zero attached hydrogens (tertiary/aromatic N) is 1. The van der Waals surface area contributed by atoms with Crippen LogP contribution in [0.1, 0.15) is 0 Å². The first-order chi connectivity index (χ1) is 11.0. The minimum Gasteiger partial charge on any atom is -0.431 e. The van der Waals surface area contributed by atoms with Crippen LogP contribution in [0.5, 0.6) is 0 Å². The standard InChI is InChI=1S/C17H13NO4S/c1-23(20,21)14-6-4-12(5-7-14)15-8-10-22-17(19)16(15)13-3-2-9-18-11-13/h2-11H,1H3. The van der Waals surface area contributed by atoms with Gasteiger partial charge >= 0.3 is 5.63 Å². The second-order valence-electron chi connectivity index (χ2n) is 5.03. The van der Waals surface area contributed by atoms with Crippen LogP contribution in [0.4, 0.5) is 0 Å². The quantitative estimate of drug-likeness (QED) is 0.739. The van der Waals surface area contributed by atoms with Gasteiger partial charge in [-0.05, 0) is 35.4 Å². The molecule has 0 saturated carbocycles. The number of hydrogen-bond acceptors (Lipinski definition) is 5. The molecule has 2 heterocycles. The van der Waals surface area contributed by atoms with Crippen LogP contribution < -0.4 is 5.63 Å². The van der Waals surface area contributed by atoms with Crippen molar-refractivity contribution < 1.29 is 12.8 Å². The predicted octanol–water partition coefficient (Wildman–Crippen LogP) is 2.77. The molecule has 2 aromatic heterocycles. The van der Waals surface area contributed by atoms with Gasteiger partial charge < -0.3 is 4.42 Å². The summed E-state index contributed by atoms with van der Waals surface area (Å²) >= 11 is 0. The molecule has 5 nitrogen and oxygen atoms in total. The molecule has 6 heteroatoms. The molecule has 0 unspecified atom stereocenters. The van der Waals surface area contributed by atoms with Gasteiger partial charge in [0, 0.05) is 24.2 Å². The predicted molar refractivity (Wildman–Crippen MR) is 86.8 cm³/mol. The second kappa shape index (κ2) is 5.81. The van der Waals surface area contributed by atoms with E-state index in [0.717, 1.165) is 11.8 Å². The van der Waals surface area contributed by atoms with Crippen molar-refractivity contribution in [3.8, 4) is 22.3 Å². The highest BCUT2D eigenvalue weighted by atomic mass is 32.2. The lowest BCUT2D eigenvalue weighted by atomic mass is 9.98. The number of pyridine rings is 1. The average molecular weight is 327 g/mol. The first kappa shape index (κ1) is 15.2. The maximum Gasteiger partial charge on any atom is 0.344 e. The number of aromatic nitrogens is 1. The minimum absolute atomic E-state index is 0.229. The zero-order valence-electron chi connectivity index (χ0n) is 12.3. The molecular formula is C17H13NO4S. The van der Waals surface area contributed by atoms with Gasteiger partial charge in [-0.3, -0.25) is 4.98 Å². The van der Waals surface area contributed by atoms with Crippen LogP contribution in [0.3, 0.4) is 0 Å². The average Bonchev–Trinajstić information content (AvgIpc) is 2.55.